The maximum absolute atomic E-state index is 14.3. The highest BCUT2D eigenvalue weighted by Crippen LogP contribution is 2.31. The number of imidazole rings is 1. The third-order valence-electron chi connectivity index (χ3n) is 7.35. The number of halogens is 1. The summed E-state index contributed by atoms with van der Waals surface area (Å²) in [6.07, 6.45) is 8.64. The van der Waals surface area contributed by atoms with Crippen LogP contribution in [0.15, 0.2) is 114 Å². The molecule has 0 aliphatic rings. The summed E-state index contributed by atoms with van der Waals surface area (Å²) in [5.41, 5.74) is 6.44. The molecule has 0 aliphatic heterocycles. The Morgan fingerprint density at radius 1 is 0.750 bits per heavy atom. The molecule has 40 heavy (non-hydrogen) atoms. The molecule has 6 heteroatoms. The summed E-state index contributed by atoms with van der Waals surface area (Å²) in [6, 6.07) is 32.8. The van der Waals surface area contributed by atoms with Crippen LogP contribution in [0.5, 0.6) is 0 Å². The predicted octanol–water partition coefficient (Wildman–Crippen LogP) is 3.90. The van der Waals surface area contributed by atoms with Crippen molar-refractivity contribution in [2.24, 2.45) is 0 Å². The van der Waals surface area contributed by atoms with Gasteiger partial charge in [0.05, 0.1) is 16.6 Å². The van der Waals surface area contributed by atoms with Crippen molar-refractivity contribution in [3.63, 3.8) is 0 Å². The SMILES string of the molecule is CCCCCCn1c(=O)c2c(-c3ccccc3)nc(-c3ccc[n+](Cc4ccccc4)c3)n2c2ccccc21.[Cl-]. The van der Waals surface area contributed by atoms with Gasteiger partial charge in [-0.2, -0.15) is 0 Å². The van der Waals surface area contributed by atoms with Crippen LogP contribution >= 0.6 is 0 Å². The molecule has 3 aromatic carbocycles. The lowest BCUT2D eigenvalue weighted by Crippen LogP contribution is -3.00. The standard InChI is InChI=1S/C34H33N4O.ClH/c1-2-3-4-13-23-37-29-20-11-12-21-30(29)38-32(34(37)39)31(27-17-9-6-10-18-27)35-33(38)28-19-14-22-36(25-28)24-26-15-7-5-8-16-26;/h5-12,14-22,25H,2-4,13,23-24H2,1H3;1H/q+1;/p-1. The van der Waals surface area contributed by atoms with Gasteiger partial charge < -0.3 is 17.0 Å². The number of pyridine rings is 1. The zero-order chi connectivity index (χ0) is 26.6. The highest BCUT2D eigenvalue weighted by Gasteiger charge is 2.23. The lowest BCUT2D eigenvalue weighted by molar-refractivity contribution is -0.687. The Labute approximate surface area is 240 Å². The van der Waals surface area contributed by atoms with Gasteiger partial charge in [0.15, 0.2) is 24.8 Å². The second kappa shape index (κ2) is 12.3. The number of para-hydroxylation sites is 2. The number of aromatic nitrogens is 4. The quantitative estimate of drug-likeness (QED) is 0.203. The number of rotatable bonds is 9. The number of hydrogen-bond acceptors (Lipinski definition) is 2. The molecule has 0 aliphatic carbocycles. The van der Waals surface area contributed by atoms with E-state index in [-0.39, 0.29) is 18.0 Å². The monoisotopic (exact) mass is 548 g/mol. The molecule has 0 saturated carbocycles. The average Bonchev–Trinajstić information content (AvgIpc) is 3.39. The molecule has 0 radical (unpaired) electrons. The largest absolute Gasteiger partial charge is 1.00 e. The molecule has 202 valence electrons. The topological polar surface area (TPSA) is 43.2 Å². The molecule has 0 N–H and O–H groups in total. The van der Waals surface area contributed by atoms with Crippen molar-refractivity contribution < 1.29 is 17.0 Å². The van der Waals surface area contributed by atoms with E-state index < -0.39 is 0 Å². The van der Waals surface area contributed by atoms with Gasteiger partial charge in [0.1, 0.15) is 11.2 Å². The molecule has 3 heterocycles. The van der Waals surface area contributed by atoms with E-state index in [9.17, 15) is 4.79 Å². The fraction of sp³-hybridized carbons (Fsp3) is 0.206. The minimum Gasteiger partial charge on any atom is -1.00 e. The molecular weight excluding hydrogens is 516 g/mol. The van der Waals surface area contributed by atoms with E-state index in [4.69, 9.17) is 4.98 Å². The van der Waals surface area contributed by atoms with Crippen LogP contribution in [0.3, 0.4) is 0 Å². The van der Waals surface area contributed by atoms with E-state index in [2.05, 4.69) is 76.8 Å². The van der Waals surface area contributed by atoms with Crippen LogP contribution in [-0.2, 0) is 13.1 Å². The summed E-state index contributed by atoms with van der Waals surface area (Å²) in [5.74, 6) is 0.776. The summed E-state index contributed by atoms with van der Waals surface area (Å²) in [6.45, 7) is 3.67. The summed E-state index contributed by atoms with van der Waals surface area (Å²) in [7, 11) is 0. The molecule has 6 aromatic rings. The molecule has 5 nitrogen and oxygen atoms in total. The highest BCUT2D eigenvalue weighted by molar-refractivity contribution is 5.88. The van der Waals surface area contributed by atoms with Gasteiger partial charge in [0.25, 0.3) is 5.56 Å². The molecule has 0 spiro atoms. The van der Waals surface area contributed by atoms with Gasteiger partial charge in [-0.1, -0.05) is 99.0 Å². The van der Waals surface area contributed by atoms with Crippen LogP contribution in [0, 0.1) is 0 Å². The van der Waals surface area contributed by atoms with E-state index in [1.807, 2.05) is 53.1 Å². The van der Waals surface area contributed by atoms with Crippen LogP contribution in [-0.4, -0.2) is 14.0 Å². The minimum absolute atomic E-state index is 0. The van der Waals surface area contributed by atoms with Gasteiger partial charge in [-0.25, -0.2) is 9.55 Å². The van der Waals surface area contributed by atoms with Crippen molar-refractivity contribution in [3.8, 4) is 22.6 Å². The third-order valence-corrected chi connectivity index (χ3v) is 7.35. The first-order valence-electron chi connectivity index (χ1n) is 13.9. The van der Waals surface area contributed by atoms with Crippen molar-refractivity contribution in [3.05, 3.63) is 125 Å². The van der Waals surface area contributed by atoms with E-state index in [1.165, 1.54) is 18.4 Å². The first-order chi connectivity index (χ1) is 19.2. The number of hydrogen-bond donors (Lipinski definition) is 0. The Hall–Kier alpha value is -4.22. The van der Waals surface area contributed by atoms with Crippen LogP contribution in [0.1, 0.15) is 38.2 Å². The Morgan fingerprint density at radius 3 is 2.17 bits per heavy atom. The first-order valence-corrected chi connectivity index (χ1v) is 13.9. The molecule has 0 unspecified atom stereocenters. The minimum atomic E-state index is 0. The Morgan fingerprint density at radius 2 is 1.43 bits per heavy atom. The van der Waals surface area contributed by atoms with Crippen molar-refractivity contribution in [1.29, 1.82) is 0 Å². The van der Waals surface area contributed by atoms with Gasteiger partial charge in [-0.05, 0) is 24.6 Å². The smallest absolute Gasteiger partial charge is 0.277 e. The number of unbranched alkanes of at least 4 members (excludes halogenated alkanes) is 3. The second-order valence-electron chi connectivity index (χ2n) is 10.1. The van der Waals surface area contributed by atoms with Gasteiger partial charge in [-0.15, -0.1) is 0 Å². The molecule has 0 amide bonds. The van der Waals surface area contributed by atoms with Gasteiger partial charge in [-0.3, -0.25) is 9.20 Å². The zero-order valence-corrected chi connectivity index (χ0v) is 23.5. The number of aryl methyl sites for hydroxylation is 1. The molecule has 0 atom stereocenters. The van der Waals surface area contributed by atoms with Crippen LogP contribution in [0.25, 0.3) is 39.2 Å². The van der Waals surface area contributed by atoms with Gasteiger partial charge in [0.2, 0.25) is 0 Å². The van der Waals surface area contributed by atoms with Crippen molar-refractivity contribution >= 4 is 16.6 Å². The first kappa shape index (κ1) is 27.4. The fourth-order valence-electron chi connectivity index (χ4n) is 5.43. The lowest BCUT2D eigenvalue weighted by atomic mass is 10.1. The van der Waals surface area contributed by atoms with Crippen molar-refractivity contribution in [2.45, 2.75) is 45.7 Å². The number of fused-ring (bicyclic) bond motifs is 3. The zero-order valence-electron chi connectivity index (χ0n) is 22.7. The highest BCUT2D eigenvalue weighted by atomic mass is 35.5. The normalized spacial score (nSPS) is 11.1. The molecule has 3 aromatic heterocycles. The Balaban J connectivity index is 0.00000323. The summed E-state index contributed by atoms with van der Waals surface area (Å²) in [5, 5.41) is 0. The van der Waals surface area contributed by atoms with Gasteiger partial charge in [0, 0.05) is 23.7 Å². The Kier molecular flexibility index (Phi) is 8.42. The van der Waals surface area contributed by atoms with E-state index >= 15 is 0 Å². The van der Waals surface area contributed by atoms with Crippen molar-refractivity contribution in [1.82, 2.24) is 14.0 Å². The number of nitrogens with zero attached hydrogens (tertiary/aromatic N) is 4. The van der Waals surface area contributed by atoms with E-state index in [0.29, 0.717) is 12.1 Å². The molecule has 0 bridgehead atoms. The Bertz CT molecular complexity index is 1790. The molecule has 6 rings (SSSR count). The van der Waals surface area contributed by atoms with E-state index in [0.717, 1.165) is 53.1 Å². The molecular formula is C34H33ClN4O. The third kappa shape index (κ3) is 5.30. The maximum Gasteiger partial charge on any atom is 0.277 e. The van der Waals surface area contributed by atoms with Crippen LogP contribution < -0.4 is 22.5 Å². The van der Waals surface area contributed by atoms with Crippen molar-refractivity contribution in [2.75, 3.05) is 0 Å². The summed E-state index contributed by atoms with van der Waals surface area (Å²) in [4.78, 5) is 19.4. The maximum atomic E-state index is 14.3. The lowest BCUT2D eigenvalue weighted by Gasteiger charge is -2.14. The number of benzene rings is 3. The van der Waals surface area contributed by atoms with Gasteiger partial charge >= 0.3 is 0 Å². The average molecular weight is 549 g/mol. The van der Waals surface area contributed by atoms with Crippen LogP contribution in [0.2, 0.25) is 0 Å². The van der Waals surface area contributed by atoms with Crippen LogP contribution in [0.4, 0.5) is 0 Å². The molecule has 0 saturated heterocycles. The summed E-state index contributed by atoms with van der Waals surface area (Å²) < 4.78 is 6.20. The molecule has 0 fully saturated rings. The second-order valence-corrected chi connectivity index (χ2v) is 10.1. The predicted molar refractivity (Wildman–Crippen MR) is 158 cm³/mol. The van der Waals surface area contributed by atoms with E-state index in [1.54, 1.807) is 0 Å². The fourth-order valence-corrected chi connectivity index (χ4v) is 5.43. The summed E-state index contributed by atoms with van der Waals surface area (Å²) >= 11 is 0.